The number of nitrogens with zero attached hydrogens (tertiary/aromatic N) is 1. The number of piperidine rings is 1. The number of benzene rings is 1. The number of rotatable bonds is 6. The van der Waals surface area contributed by atoms with Crippen LogP contribution in [0.15, 0.2) is 24.3 Å². The van der Waals surface area contributed by atoms with E-state index in [2.05, 4.69) is 10.2 Å². The second-order valence-corrected chi connectivity index (χ2v) is 5.48. The fourth-order valence-corrected chi connectivity index (χ4v) is 2.69. The zero-order valence-corrected chi connectivity index (χ0v) is 13.9. The molecular formula is C16H26ClN3O2. The minimum Gasteiger partial charge on any atom is -0.494 e. The van der Waals surface area contributed by atoms with Crippen LogP contribution in [-0.4, -0.2) is 43.6 Å². The largest absolute Gasteiger partial charge is 0.494 e. The second-order valence-electron chi connectivity index (χ2n) is 5.48. The highest BCUT2D eigenvalue weighted by Crippen LogP contribution is 2.17. The first-order chi connectivity index (χ1) is 10.2. The number of carbonyl (C=O) groups excluding carboxylic acids is 1. The summed E-state index contributed by atoms with van der Waals surface area (Å²) in [6, 6.07) is 7.46. The van der Waals surface area contributed by atoms with Crippen LogP contribution in [-0.2, 0) is 4.79 Å². The zero-order valence-electron chi connectivity index (χ0n) is 13.1. The summed E-state index contributed by atoms with van der Waals surface area (Å²) >= 11 is 0. The molecule has 1 aliphatic heterocycles. The van der Waals surface area contributed by atoms with Crippen LogP contribution in [0.2, 0.25) is 0 Å². The van der Waals surface area contributed by atoms with Crippen molar-refractivity contribution in [1.29, 1.82) is 0 Å². The lowest BCUT2D eigenvalue weighted by Crippen LogP contribution is -2.42. The maximum atomic E-state index is 12.1. The highest BCUT2D eigenvalue weighted by molar-refractivity contribution is 5.92. The molecule has 0 bridgehead atoms. The first kappa shape index (κ1) is 18.7. The van der Waals surface area contributed by atoms with E-state index in [0.29, 0.717) is 25.6 Å². The maximum absolute atomic E-state index is 12.1. The fraction of sp³-hybridized carbons (Fsp3) is 0.562. The molecule has 22 heavy (non-hydrogen) atoms. The van der Waals surface area contributed by atoms with E-state index in [1.807, 2.05) is 31.2 Å². The molecule has 1 saturated heterocycles. The summed E-state index contributed by atoms with van der Waals surface area (Å²) in [5.74, 6) is 1.37. The van der Waals surface area contributed by atoms with Crippen molar-refractivity contribution in [3.63, 3.8) is 0 Å². The molecule has 1 amide bonds. The molecule has 1 aliphatic rings. The van der Waals surface area contributed by atoms with Crippen molar-refractivity contribution < 1.29 is 9.53 Å². The minimum atomic E-state index is 0. The van der Waals surface area contributed by atoms with E-state index < -0.39 is 0 Å². The number of carbonyl (C=O) groups is 1. The zero-order chi connectivity index (χ0) is 15.1. The molecular weight excluding hydrogens is 302 g/mol. The van der Waals surface area contributed by atoms with Gasteiger partial charge in [-0.1, -0.05) is 0 Å². The molecule has 1 atom stereocenters. The smallest absolute Gasteiger partial charge is 0.238 e. The molecule has 2 rings (SSSR count). The first-order valence-electron chi connectivity index (χ1n) is 7.66. The van der Waals surface area contributed by atoms with Crippen molar-refractivity contribution in [2.45, 2.75) is 19.8 Å². The summed E-state index contributed by atoms with van der Waals surface area (Å²) in [6.45, 7) is 5.63. The van der Waals surface area contributed by atoms with Crippen molar-refractivity contribution in [3.05, 3.63) is 24.3 Å². The first-order valence-corrected chi connectivity index (χ1v) is 7.66. The molecule has 6 heteroatoms. The van der Waals surface area contributed by atoms with E-state index in [1.54, 1.807) is 0 Å². The summed E-state index contributed by atoms with van der Waals surface area (Å²) < 4.78 is 5.38. The molecule has 1 aromatic carbocycles. The van der Waals surface area contributed by atoms with Crippen molar-refractivity contribution in [3.8, 4) is 5.75 Å². The number of amides is 1. The van der Waals surface area contributed by atoms with Crippen LogP contribution in [0, 0.1) is 5.92 Å². The number of ether oxygens (including phenoxy) is 1. The van der Waals surface area contributed by atoms with E-state index in [-0.39, 0.29) is 18.3 Å². The Kier molecular flexibility index (Phi) is 8.24. The summed E-state index contributed by atoms with van der Waals surface area (Å²) in [4.78, 5) is 14.3. The summed E-state index contributed by atoms with van der Waals surface area (Å²) in [5.41, 5.74) is 6.52. The van der Waals surface area contributed by atoms with Gasteiger partial charge in [-0.25, -0.2) is 0 Å². The Morgan fingerprint density at radius 3 is 2.77 bits per heavy atom. The highest BCUT2D eigenvalue weighted by Gasteiger charge is 2.20. The Balaban J connectivity index is 0.00000242. The molecule has 1 aromatic rings. The van der Waals surface area contributed by atoms with Crippen LogP contribution in [0.25, 0.3) is 0 Å². The molecule has 3 N–H and O–H groups in total. The molecule has 1 unspecified atom stereocenters. The lowest BCUT2D eigenvalue weighted by molar-refractivity contribution is -0.117. The van der Waals surface area contributed by atoms with Gasteiger partial charge in [-0.2, -0.15) is 0 Å². The van der Waals surface area contributed by atoms with Crippen molar-refractivity contribution in [1.82, 2.24) is 4.90 Å². The van der Waals surface area contributed by atoms with Crippen LogP contribution in [0.1, 0.15) is 19.8 Å². The molecule has 0 aromatic heterocycles. The van der Waals surface area contributed by atoms with Crippen LogP contribution in [0.3, 0.4) is 0 Å². The van der Waals surface area contributed by atoms with Gasteiger partial charge in [0.05, 0.1) is 13.2 Å². The molecule has 0 saturated carbocycles. The van der Waals surface area contributed by atoms with Crippen molar-refractivity contribution >= 4 is 24.0 Å². The Labute approximate surface area is 138 Å². The summed E-state index contributed by atoms with van der Waals surface area (Å²) in [5, 5.41) is 2.92. The molecule has 1 fully saturated rings. The Morgan fingerprint density at radius 1 is 1.41 bits per heavy atom. The monoisotopic (exact) mass is 327 g/mol. The summed E-state index contributed by atoms with van der Waals surface area (Å²) in [7, 11) is 0. The van der Waals surface area contributed by atoms with Gasteiger partial charge in [0.2, 0.25) is 5.91 Å². The number of halogens is 1. The predicted octanol–water partition coefficient (Wildman–Crippen LogP) is 2.12. The van der Waals surface area contributed by atoms with E-state index in [9.17, 15) is 4.79 Å². The molecule has 0 aliphatic carbocycles. The van der Waals surface area contributed by atoms with Crippen LogP contribution < -0.4 is 15.8 Å². The van der Waals surface area contributed by atoms with Gasteiger partial charge in [0, 0.05) is 12.2 Å². The third-order valence-electron chi connectivity index (χ3n) is 3.75. The highest BCUT2D eigenvalue weighted by atomic mass is 35.5. The fourth-order valence-electron chi connectivity index (χ4n) is 2.69. The standard InChI is InChI=1S/C16H25N3O2.ClH/c1-2-21-15-7-5-14(6-8-15)18-16(20)12-19-9-3-4-13(10-17)11-19;/h5-8,13H,2-4,9-12,17H2,1H3,(H,18,20);1H. The van der Waals surface area contributed by atoms with Crippen LogP contribution in [0.5, 0.6) is 5.75 Å². The molecule has 5 nitrogen and oxygen atoms in total. The van der Waals surface area contributed by atoms with E-state index >= 15 is 0 Å². The number of anilines is 1. The number of hydrogen-bond acceptors (Lipinski definition) is 4. The average molecular weight is 328 g/mol. The van der Waals surface area contributed by atoms with Gasteiger partial charge in [-0.15, -0.1) is 12.4 Å². The summed E-state index contributed by atoms with van der Waals surface area (Å²) in [6.07, 6.45) is 2.30. The molecule has 0 radical (unpaired) electrons. The van der Waals surface area contributed by atoms with Crippen LogP contribution >= 0.6 is 12.4 Å². The number of nitrogens with two attached hydrogens (primary N) is 1. The van der Waals surface area contributed by atoms with E-state index in [1.165, 1.54) is 6.42 Å². The topological polar surface area (TPSA) is 67.6 Å². The Bertz CT molecular complexity index is 453. The van der Waals surface area contributed by atoms with Gasteiger partial charge in [-0.3, -0.25) is 9.69 Å². The van der Waals surface area contributed by atoms with Crippen molar-refractivity contribution in [2.75, 3.05) is 38.1 Å². The number of nitrogens with one attached hydrogen (secondary N) is 1. The lowest BCUT2D eigenvalue weighted by Gasteiger charge is -2.31. The Morgan fingerprint density at radius 2 is 2.14 bits per heavy atom. The van der Waals surface area contributed by atoms with Gasteiger partial charge < -0.3 is 15.8 Å². The molecule has 1 heterocycles. The lowest BCUT2D eigenvalue weighted by atomic mass is 9.98. The van der Waals surface area contributed by atoms with Gasteiger partial charge in [0.25, 0.3) is 0 Å². The normalized spacial score (nSPS) is 18.4. The molecule has 124 valence electrons. The van der Waals surface area contributed by atoms with E-state index in [4.69, 9.17) is 10.5 Å². The third-order valence-corrected chi connectivity index (χ3v) is 3.75. The number of likely N-dealkylation sites (tertiary alicyclic amines) is 1. The second kappa shape index (κ2) is 9.66. The van der Waals surface area contributed by atoms with Gasteiger partial charge in [0.15, 0.2) is 0 Å². The SMILES string of the molecule is CCOc1ccc(NC(=O)CN2CCCC(CN)C2)cc1.Cl. The van der Waals surface area contributed by atoms with Crippen LogP contribution in [0.4, 0.5) is 5.69 Å². The van der Waals surface area contributed by atoms with Crippen molar-refractivity contribution in [2.24, 2.45) is 11.7 Å². The van der Waals surface area contributed by atoms with Gasteiger partial charge in [0.1, 0.15) is 5.75 Å². The van der Waals surface area contributed by atoms with Gasteiger partial charge in [-0.05, 0) is 63.0 Å². The quantitative estimate of drug-likeness (QED) is 0.840. The Hall–Kier alpha value is -1.30. The van der Waals surface area contributed by atoms with Gasteiger partial charge >= 0.3 is 0 Å². The average Bonchev–Trinajstić information content (AvgIpc) is 2.49. The molecule has 0 spiro atoms. The van der Waals surface area contributed by atoms with E-state index in [0.717, 1.165) is 30.9 Å². The number of hydrogen-bond donors (Lipinski definition) is 2. The minimum absolute atomic E-state index is 0. The predicted molar refractivity (Wildman–Crippen MR) is 91.7 cm³/mol. The maximum Gasteiger partial charge on any atom is 0.238 e. The third kappa shape index (κ3) is 5.83.